The Morgan fingerprint density at radius 2 is 1.65 bits per heavy atom. The van der Waals surface area contributed by atoms with Crippen LogP contribution in [-0.2, 0) is 17.6 Å². The lowest BCUT2D eigenvalue weighted by Crippen LogP contribution is -2.14. The fraction of sp³-hybridized carbons (Fsp3) is 0.429. The van der Waals surface area contributed by atoms with Gasteiger partial charge in [0.1, 0.15) is 0 Å². The number of nitrogens with one attached hydrogen (secondary N) is 2. The Morgan fingerprint density at radius 3 is 2.42 bits per heavy atom. The molecule has 0 saturated heterocycles. The quantitative estimate of drug-likeness (QED) is 0.797. The van der Waals surface area contributed by atoms with Gasteiger partial charge in [-0.3, -0.25) is 9.59 Å². The number of hydrogen-bond donors (Lipinski definition) is 2. The first-order chi connectivity index (χ1) is 12.7. The number of anilines is 2. The van der Waals surface area contributed by atoms with Crippen LogP contribution in [0.2, 0.25) is 0 Å². The highest BCUT2D eigenvalue weighted by Crippen LogP contribution is 2.31. The molecule has 26 heavy (non-hydrogen) atoms. The van der Waals surface area contributed by atoms with E-state index >= 15 is 0 Å². The first kappa shape index (κ1) is 17.3. The van der Waals surface area contributed by atoms with Crippen molar-refractivity contribution in [1.82, 2.24) is 0 Å². The number of benzene rings is 1. The number of amides is 2. The molecular formula is C21H24N2O2S. The molecule has 1 fully saturated rings. The molecule has 0 bridgehead atoms. The normalized spacial score (nSPS) is 16.9. The molecule has 2 aliphatic rings. The predicted octanol–water partition coefficient (Wildman–Crippen LogP) is 5.01. The number of rotatable bonds is 4. The van der Waals surface area contributed by atoms with Crippen LogP contribution in [0.3, 0.4) is 0 Å². The van der Waals surface area contributed by atoms with E-state index in [2.05, 4.69) is 16.7 Å². The number of hydrogen-bond acceptors (Lipinski definition) is 3. The summed E-state index contributed by atoms with van der Waals surface area (Å²) in [6.07, 6.45) is 9.15. The maximum Gasteiger partial charge on any atom is 0.265 e. The summed E-state index contributed by atoms with van der Waals surface area (Å²) in [7, 11) is 0. The van der Waals surface area contributed by atoms with E-state index in [-0.39, 0.29) is 17.7 Å². The third-order valence-corrected chi connectivity index (χ3v) is 6.29. The first-order valence-electron chi connectivity index (χ1n) is 9.53. The van der Waals surface area contributed by atoms with Gasteiger partial charge < -0.3 is 10.6 Å². The van der Waals surface area contributed by atoms with Gasteiger partial charge in [0, 0.05) is 22.2 Å². The van der Waals surface area contributed by atoms with Gasteiger partial charge in [0.15, 0.2) is 0 Å². The van der Waals surface area contributed by atoms with Crippen molar-refractivity contribution < 1.29 is 9.59 Å². The summed E-state index contributed by atoms with van der Waals surface area (Å²) < 4.78 is 0. The van der Waals surface area contributed by atoms with Crippen molar-refractivity contribution in [3.05, 3.63) is 45.6 Å². The smallest absolute Gasteiger partial charge is 0.265 e. The summed E-state index contributed by atoms with van der Waals surface area (Å²) >= 11 is 1.63. The van der Waals surface area contributed by atoms with Gasteiger partial charge in [-0.05, 0) is 68.4 Å². The van der Waals surface area contributed by atoms with Crippen LogP contribution in [0.4, 0.5) is 11.4 Å². The van der Waals surface area contributed by atoms with Crippen molar-refractivity contribution >= 4 is 34.5 Å². The van der Waals surface area contributed by atoms with Gasteiger partial charge in [0.25, 0.3) is 5.91 Å². The minimum Gasteiger partial charge on any atom is -0.326 e. The van der Waals surface area contributed by atoms with E-state index in [9.17, 15) is 9.59 Å². The molecule has 5 heteroatoms. The van der Waals surface area contributed by atoms with E-state index < -0.39 is 0 Å². The molecule has 0 unspecified atom stereocenters. The molecule has 2 aromatic rings. The molecule has 0 spiro atoms. The molecule has 136 valence electrons. The summed E-state index contributed by atoms with van der Waals surface area (Å²) in [4.78, 5) is 26.7. The second kappa shape index (κ2) is 7.62. The highest BCUT2D eigenvalue weighted by molar-refractivity contribution is 7.14. The lowest BCUT2D eigenvalue weighted by atomic mass is 10.00. The highest BCUT2D eigenvalue weighted by Gasteiger charge is 2.29. The zero-order valence-corrected chi connectivity index (χ0v) is 15.7. The van der Waals surface area contributed by atoms with Crippen molar-refractivity contribution in [1.29, 1.82) is 0 Å². The molecule has 2 aliphatic carbocycles. The monoisotopic (exact) mass is 368 g/mol. The SMILES string of the molecule is O=C(Nc1cccc(NC(=O)C2CC2)c1)c1cc2c(s1)CCCCCC2. The number of aryl methyl sites for hydroxylation is 2. The van der Waals surface area contributed by atoms with Crippen molar-refractivity contribution in [3.8, 4) is 0 Å². The second-order valence-electron chi connectivity index (χ2n) is 7.27. The zero-order chi connectivity index (χ0) is 17.9. The van der Waals surface area contributed by atoms with E-state index in [0.29, 0.717) is 5.69 Å². The third-order valence-electron chi connectivity index (χ3n) is 5.06. The molecule has 1 heterocycles. The molecular weight excluding hydrogens is 344 g/mol. The van der Waals surface area contributed by atoms with Crippen LogP contribution in [0.15, 0.2) is 30.3 Å². The Bertz CT molecular complexity index is 798. The first-order valence-corrected chi connectivity index (χ1v) is 10.3. The topological polar surface area (TPSA) is 58.2 Å². The van der Waals surface area contributed by atoms with Crippen LogP contribution in [0.25, 0.3) is 0 Å². The van der Waals surface area contributed by atoms with Crippen LogP contribution in [0.1, 0.15) is 58.6 Å². The summed E-state index contributed by atoms with van der Waals surface area (Å²) in [6.45, 7) is 0. The van der Waals surface area contributed by atoms with Crippen LogP contribution < -0.4 is 10.6 Å². The Morgan fingerprint density at radius 1 is 0.923 bits per heavy atom. The molecule has 0 aliphatic heterocycles. The van der Waals surface area contributed by atoms with Gasteiger partial charge in [-0.2, -0.15) is 0 Å². The summed E-state index contributed by atoms with van der Waals surface area (Å²) in [6, 6.07) is 9.45. The maximum absolute atomic E-state index is 12.7. The number of thiophene rings is 1. The highest BCUT2D eigenvalue weighted by atomic mass is 32.1. The van der Waals surface area contributed by atoms with Gasteiger partial charge in [-0.15, -0.1) is 11.3 Å². The standard InChI is InChI=1S/C21H24N2O2S/c24-20(14-10-11-14)22-16-7-5-8-17(13-16)23-21(25)19-12-15-6-3-1-2-4-9-18(15)26-19/h5,7-8,12-14H,1-4,6,9-11H2,(H,22,24)(H,23,25). The van der Waals surface area contributed by atoms with E-state index in [1.165, 1.54) is 36.1 Å². The summed E-state index contributed by atoms with van der Waals surface area (Å²) in [5, 5.41) is 5.90. The summed E-state index contributed by atoms with van der Waals surface area (Å²) in [5.41, 5.74) is 2.80. The van der Waals surface area contributed by atoms with E-state index in [1.54, 1.807) is 11.3 Å². The van der Waals surface area contributed by atoms with E-state index in [0.717, 1.165) is 36.2 Å². The van der Waals surface area contributed by atoms with Gasteiger partial charge in [0.2, 0.25) is 5.91 Å². The van der Waals surface area contributed by atoms with Gasteiger partial charge in [-0.25, -0.2) is 0 Å². The molecule has 4 nitrogen and oxygen atoms in total. The molecule has 2 N–H and O–H groups in total. The largest absolute Gasteiger partial charge is 0.326 e. The minimum absolute atomic E-state index is 0.0626. The Balaban J connectivity index is 1.44. The number of carbonyl (C=O) groups excluding carboxylic acids is 2. The van der Waals surface area contributed by atoms with E-state index in [1.807, 2.05) is 24.3 Å². The Kier molecular flexibility index (Phi) is 5.07. The van der Waals surface area contributed by atoms with Crippen LogP contribution >= 0.6 is 11.3 Å². The van der Waals surface area contributed by atoms with Crippen molar-refractivity contribution in [2.75, 3.05) is 10.6 Å². The van der Waals surface area contributed by atoms with Gasteiger partial charge in [0.05, 0.1) is 4.88 Å². The zero-order valence-electron chi connectivity index (χ0n) is 14.8. The van der Waals surface area contributed by atoms with Gasteiger partial charge in [-0.1, -0.05) is 18.9 Å². The molecule has 4 rings (SSSR count). The van der Waals surface area contributed by atoms with Crippen LogP contribution in [0.5, 0.6) is 0 Å². The van der Waals surface area contributed by atoms with Crippen molar-refractivity contribution in [2.24, 2.45) is 5.92 Å². The lowest BCUT2D eigenvalue weighted by Gasteiger charge is -2.08. The average molecular weight is 369 g/mol. The van der Waals surface area contributed by atoms with Crippen LogP contribution in [-0.4, -0.2) is 11.8 Å². The summed E-state index contributed by atoms with van der Waals surface area (Å²) in [5.74, 6) is 0.179. The molecule has 1 saturated carbocycles. The molecule has 0 atom stereocenters. The molecule has 1 aromatic carbocycles. The fourth-order valence-electron chi connectivity index (χ4n) is 3.41. The lowest BCUT2D eigenvalue weighted by molar-refractivity contribution is -0.117. The van der Waals surface area contributed by atoms with E-state index in [4.69, 9.17) is 0 Å². The Labute approximate surface area is 158 Å². The van der Waals surface area contributed by atoms with Crippen LogP contribution in [0, 0.1) is 5.92 Å². The average Bonchev–Trinajstić information content (AvgIpc) is 3.38. The Hall–Kier alpha value is -2.14. The number of fused-ring (bicyclic) bond motifs is 1. The molecule has 1 aromatic heterocycles. The minimum atomic E-state index is -0.0626. The second-order valence-corrected chi connectivity index (χ2v) is 8.41. The molecule has 2 amide bonds. The van der Waals surface area contributed by atoms with Crippen molar-refractivity contribution in [3.63, 3.8) is 0 Å². The fourth-order valence-corrected chi connectivity index (χ4v) is 4.56. The number of carbonyl (C=O) groups is 2. The van der Waals surface area contributed by atoms with Crippen molar-refractivity contribution in [2.45, 2.75) is 51.4 Å². The van der Waals surface area contributed by atoms with Gasteiger partial charge >= 0.3 is 0 Å². The maximum atomic E-state index is 12.7. The molecule has 0 radical (unpaired) electrons. The predicted molar refractivity (Wildman–Crippen MR) is 106 cm³/mol. The third kappa shape index (κ3) is 4.15.